The summed E-state index contributed by atoms with van der Waals surface area (Å²) in [5.74, 6) is -0.570. The highest BCUT2D eigenvalue weighted by atomic mass is 32.2. The van der Waals surface area contributed by atoms with Gasteiger partial charge in [-0.2, -0.15) is 0 Å². The molecular weight excluding hydrogens is 403 g/mol. The first-order valence-corrected chi connectivity index (χ1v) is 10.0. The topological polar surface area (TPSA) is 107 Å². The van der Waals surface area contributed by atoms with Gasteiger partial charge in [0.1, 0.15) is 5.82 Å². The van der Waals surface area contributed by atoms with Crippen molar-refractivity contribution in [1.82, 2.24) is 4.98 Å². The Labute approximate surface area is 166 Å². The SMILES string of the molecule is CCOC(=O)c1[nH]c2cc(OC)c(OC)cc2c1NS(=O)(=O)c1ccc(F)cc1. The van der Waals surface area contributed by atoms with Crippen molar-refractivity contribution in [3.8, 4) is 11.5 Å². The lowest BCUT2D eigenvalue weighted by Gasteiger charge is -2.11. The van der Waals surface area contributed by atoms with Crippen LogP contribution < -0.4 is 14.2 Å². The predicted molar refractivity (Wildman–Crippen MR) is 105 cm³/mol. The molecule has 29 heavy (non-hydrogen) atoms. The number of carbonyl (C=O) groups is 1. The van der Waals surface area contributed by atoms with Gasteiger partial charge >= 0.3 is 5.97 Å². The van der Waals surface area contributed by atoms with Gasteiger partial charge < -0.3 is 19.2 Å². The zero-order valence-electron chi connectivity index (χ0n) is 15.9. The van der Waals surface area contributed by atoms with Crippen molar-refractivity contribution in [2.24, 2.45) is 0 Å². The smallest absolute Gasteiger partial charge is 0.356 e. The van der Waals surface area contributed by atoms with Gasteiger partial charge in [-0.25, -0.2) is 17.6 Å². The number of methoxy groups -OCH3 is 2. The van der Waals surface area contributed by atoms with Crippen LogP contribution in [0.1, 0.15) is 17.4 Å². The number of benzene rings is 2. The summed E-state index contributed by atoms with van der Waals surface area (Å²) in [5.41, 5.74) is 0.342. The Balaban J connectivity index is 2.18. The normalized spacial score (nSPS) is 11.3. The van der Waals surface area contributed by atoms with E-state index in [9.17, 15) is 17.6 Å². The number of sulfonamides is 1. The number of esters is 1. The molecule has 154 valence electrons. The van der Waals surface area contributed by atoms with E-state index in [-0.39, 0.29) is 22.9 Å². The molecule has 0 aliphatic rings. The van der Waals surface area contributed by atoms with Crippen LogP contribution in [0.15, 0.2) is 41.3 Å². The Morgan fingerprint density at radius 1 is 1.10 bits per heavy atom. The molecule has 0 radical (unpaired) electrons. The average Bonchev–Trinajstić information content (AvgIpc) is 3.04. The number of fused-ring (bicyclic) bond motifs is 1. The first-order chi connectivity index (χ1) is 13.8. The number of hydrogen-bond donors (Lipinski definition) is 2. The summed E-state index contributed by atoms with van der Waals surface area (Å²) in [6.45, 7) is 1.74. The van der Waals surface area contributed by atoms with E-state index < -0.39 is 21.8 Å². The van der Waals surface area contributed by atoms with E-state index in [2.05, 4.69) is 9.71 Å². The lowest BCUT2D eigenvalue weighted by molar-refractivity contribution is 0.0522. The van der Waals surface area contributed by atoms with E-state index in [1.165, 1.54) is 20.3 Å². The van der Waals surface area contributed by atoms with Gasteiger partial charge in [-0.05, 0) is 37.3 Å². The van der Waals surface area contributed by atoms with Crippen molar-refractivity contribution < 1.29 is 31.8 Å². The molecule has 10 heteroatoms. The van der Waals surface area contributed by atoms with E-state index in [0.717, 1.165) is 24.3 Å². The molecule has 0 saturated heterocycles. The van der Waals surface area contributed by atoms with Crippen molar-refractivity contribution in [1.29, 1.82) is 0 Å². The molecule has 1 aromatic heterocycles. The Morgan fingerprint density at radius 3 is 2.31 bits per heavy atom. The highest BCUT2D eigenvalue weighted by Crippen LogP contribution is 2.38. The fourth-order valence-corrected chi connectivity index (χ4v) is 3.88. The number of anilines is 1. The lowest BCUT2D eigenvalue weighted by atomic mass is 10.2. The fraction of sp³-hybridized carbons (Fsp3) is 0.211. The number of halogens is 1. The van der Waals surface area contributed by atoms with Crippen LogP contribution in [0.3, 0.4) is 0 Å². The van der Waals surface area contributed by atoms with Gasteiger partial charge in [-0.15, -0.1) is 0 Å². The molecule has 0 unspecified atom stereocenters. The Morgan fingerprint density at radius 2 is 1.72 bits per heavy atom. The average molecular weight is 422 g/mol. The molecule has 3 aromatic rings. The number of ether oxygens (including phenoxy) is 3. The molecule has 0 spiro atoms. The highest BCUT2D eigenvalue weighted by molar-refractivity contribution is 7.92. The van der Waals surface area contributed by atoms with Gasteiger partial charge in [0, 0.05) is 11.5 Å². The predicted octanol–water partition coefficient (Wildman–Crippen LogP) is 3.30. The Kier molecular flexibility index (Phi) is 5.64. The standard InChI is InChI=1S/C19H19FN2O6S/c1-4-28-19(23)18-17(22-29(24,25)12-7-5-11(20)6-8-12)13-9-15(26-2)16(27-3)10-14(13)21-18/h5-10,21-22H,4H2,1-3H3. The quantitative estimate of drug-likeness (QED) is 0.566. The number of hydrogen-bond acceptors (Lipinski definition) is 6. The minimum Gasteiger partial charge on any atom is -0.493 e. The zero-order valence-corrected chi connectivity index (χ0v) is 16.7. The van der Waals surface area contributed by atoms with Crippen LogP contribution >= 0.6 is 0 Å². The highest BCUT2D eigenvalue weighted by Gasteiger charge is 2.25. The summed E-state index contributed by atoms with van der Waals surface area (Å²) in [6.07, 6.45) is 0. The number of H-pyrrole nitrogens is 1. The van der Waals surface area contributed by atoms with Gasteiger partial charge in [0.05, 0.1) is 36.9 Å². The molecule has 0 aliphatic carbocycles. The summed E-state index contributed by atoms with van der Waals surface area (Å²) >= 11 is 0. The first kappa shape index (κ1) is 20.5. The van der Waals surface area contributed by atoms with Crippen molar-refractivity contribution in [2.45, 2.75) is 11.8 Å². The third kappa shape index (κ3) is 3.97. The largest absolute Gasteiger partial charge is 0.493 e. The van der Waals surface area contributed by atoms with Crippen LogP contribution in [0, 0.1) is 5.82 Å². The number of carbonyl (C=O) groups excluding carboxylic acids is 1. The number of aromatic nitrogens is 1. The van der Waals surface area contributed by atoms with E-state index in [1.807, 2.05) is 0 Å². The van der Waals surface area contributed by atoms with Crippen molar-refractivity contribution in [2.75, 3.05) is 25.5 Å². The molecular formula is C19H19FN2O6S. The van der Waals surface area contributed by atoms with E-state index in [1.54, 1.807) is 13.0 Å². The molecule has 1 heterocycles. The van der Waals surface area contributed by atoms with E-state index in [4.69, 9.17) is 14.2 Å². The molecule has 0 saturated carbocycles. The molecule has 2 N–H and O–H groups in total. The van der Waals surface area contributed by atoms with Crippen LogP contribution in [0.4, 0.5) is 10.1 Å². The maximum atomic E-state index is 13.2. The lowest BCUT2D eigenvalue weighted by Crippen LogP contribution is -2.16. The van der Waals surface area contributed by atoms with E-state index >= 15 is 0 Å². The van der Waals surface area contributed by atoms with Crippen molar-refractivity contribution >= 4 is 32.6 Å². The third-order valence-corrected chi connectivity index (χ3v) is 5.51. The molecule has 8 nitrogen and oxygen atoms in total. The monoisotopic (exact) mass is 422 g/mol. The van der Waals surface area contributed by atoms with Crippen LogP contribution in [0.25, 0.3) is 10.9 Å². The van der Waals surface area contributed by atoms with Gasteiger partial charge in [-0.3, -0.25) is 4.72 Å². The van der Waals surface area contributed by atoms with E-state index in [0.29, 0.717) is 22.4 Å². The summed E-state index contributed by atoms with van der Waals surface area (Å²) in [5, 5.41) is 0.372. The van der Waals surface area contributed by atoms with Crippen molar-refractivity contribution in [3.05, 3.63) is 47.9 Å². The number of rotatable bonds is 7. The maximum absolute atomic E-state index is 13.2. The first-order valence-electron chi connectivity index (χ1n) is 8.54. The molecule has 2 aromatic carbocycles. The second-order valence-corrected chi connectivity index (χ2v) is 7.59. The second kappa shape index (κ2) is 8.00. The van der Waals surface area contributed by atoms with Gasteiger partial charge in [-0.1, -0.05) is 0 Å². The molecule has 0 bridgehead atoms. The molecule has 0 aliphatic heterocycles. The van der Waals surface area contributed by atoms with Crippen LogP contribution in [-0.2, 0) is 14.8 Å². The maximum Gasteiger partial charge on any atom is 0.356 e. The summed E-state index contributed by atoms with van der Waals surface area (Å²) in [7, 11) is -1.22. The minimum atomic E-state index is -4.11. The Bertz CT molecular complexity index is 1160. The van der Waals surface area contributed by atoms with Gasteiger partial charge in [0.2, 0.25) is 0 Å². The molecule has 0 fully saturated rings. The van der Waals surface area contributed by atoms with Crippen molar-refractivity contribution in [3.63, 3.8) is 0 Å². The van der Waals surface area contributed by atoms with Crippen LogP contribution in [0.2, 0.25) is 0 Å². The van der Waals surface area contributed by atoms with Crippen LogP contribution in [0.5, 0.6) is 11.5 Å². The third-order valence-electron chi connectivity index (χ3n) is 4.14. The molecule has 3 rings (SSSR count). The number of nitrogens with one attached hydrogen (secondary N) is 2. The summed E-state index contributed by atoms with van der Waals surface area (Å²) in [6, 6.07) is 7.43. The van der Waals surface area contributed by atoms with Gasteiger partial charge in [0.15, 0.2) is 17.2 Å². The number of aromatic amines is 1. The van der Waals surface area contributed by atoms with Gasteiger partial charge in [0.25, 0.3) is 10.0 Å². The van der Waals surface area contributed by atoms with Crippen LogP contribution in [-0.4, -0.2) is 40.2 Å². The summed E-state index contributed by atoms with van der Waals surface area (Å²) < 4.78 is 56.7. The molecule has 0 amide bonds. The fourth-order valence-electron chi connectivity index (χ4n) is 2.79. The zero-order chi connectivity index (χ0) is 21.2. The molecule has 0 atom stereocenters. The summed E-state index contributed by atoms with van der Waals surface area (Å²) in [4.78, 5) is 15.1. The second-order valence-electron chi connectivity index (χ2n) is 5.91. The minimum absolute atomic E-state index is 0.0104. The Hall–Kier alpha value is -3.27.